The molecule has 0 aliphatic carbocycles. The van der Waals surface area contributed by atoms with Gasteiger partial charge < -0.3 is 9.47 Å². The zero-order valence-corrected chi connectivity index (χ0v) is 14.3. The van der Waals surface area contributed by atoms with Gasteiger partial charge in [0.15, 0.2) is 21.2 Å². The van der Waals surface area contributed by atoms with E-state index in [2.05, 4.69) is 9.69 Å². The fourth-order valence-corrected chi connectivity index (χ4v) is 3.28. The summed E-state index contributed by atoms with van der Waals surface area (Å²) in [6, 6.07) is 3.80. The van der Waals surface area contributed by atoms with E-state index in [1.54, 1.807) is 6.92 Å². The molecule has 0 amide bonds. The predicted molar refractivity (Wildman–Crippen MR) is 87.7 cm³/mol. The van der Waals surface area contributed by atoms with E-state index >= 15 is 0 Å². The molecule has 1 aromatic carbocycles. The summed E-state index contributed by atoms with van der Waals surface area (Å²) in [5, 5.41) is 0. The van der Waals surface area contributed by atoms with Crippen LogP contribution in [0.15, 0.2) is 23.1 Å². The summed E-state index contributed by atoms with van der Waals surface area (Å²) in [4.78, 5) is 17.9. The average Bonchev–Trinajstić information content (AvgIpc) is 2.54. The maximum absolute atomic E-state index is 12.3. The van der Waals surface area contributed by atoms with Gasteiger partial charge in [0.2, 0.25) is 0 Å². The molecule has 0 radical (unpaired) electrons. The molecule has 0 spiro atoms. The number of benzene rings is 1. The maximum atomic E-state index is 12.3. The molecule has 7 nitrogen and oxygen atoms in total. The summed E-state index contributed by atoms with van der Waals surface area (Å²) in [6.07, 6.45) is -0.302. The van der Waals surface area contributed by atoms with E-state index in [0.717, 1.165) is 0 Å². The lowest BCUT2D eigenvalue weighted by Crippen LogP contribution is -2.20. The Hall–Kier alpha value is -2.42. The zero-order valence-electron chi connectivity index (χ0n) is 13.5. The molecule has 0 N–H and O–H groups in total. The van der Waals surface area contributed by atoms with E-state index in [9.17, 15) is 13.2 Å². The Kier molecular flexibility index (Phi) is 7.37. The Morgan fingerprint density at radius 1 is 1.25 bits per heavy atom. The summed E-state index contributed by atoms with van der Waals surface area (Å²) in [7, 11) is -2.14. The van der Waals surface area contributed by atoms with Gasteiger partial charge in [-0.2, -0.15) is 0 Å². The van der Waals surface area contributed by atoms with Gasteiger partial charge in [0.25, 0.3) is 0 Å². The third-order valence-electron chi connectivity index (χ3n) is 3.07. The van der Waals surface area contributed by atoms with Crippen molar-refractivity contribution in [1.82, 2.24) is 0 Å². The molecule has 24 heavy (non-hydrogen) atoms. The Bertz CT molecular complexity index is 775. The highest BCUT2D eigenvalue weighted by atomic mass is 32.2. The van der Waals surface area contributed by atoms with E-state index in [1.807, 2.05) is 0 Å². The van der Waals surface area contributed by atoms with Crippen LogP contribution < -0.4 is 0 Å². The van der Waals surface area contributed by atoms with Crippen molar-refractivity contribution in [1.29, 1.82) is 0 Å². The van der Waals surface area contributed by atoms with Crippen LogP contribution in [0.2, 0.25) is 0 Å². The van der Waals surface area contributed by atoms with Crippen molar-refractivity contribution < 1.29 is 22.7 Å². The normalized spacial score (nSPS) is 12.0. The van der Waals surface area contributed by atoms with Crippen LogP contribution in [-0.2, 0) is 24.1 Å². The van der Waals surface area contributed by atoms with E-state index in [1.165, 1.54) is 25.3 Å². The summed E-state index contributed by atoms with van der Waals surface area (Å²) in [5.41, 5.74) is 0.110. The maximum Gasteiger partial charge on any atom is 0.306 e. The number of hydrogen-bond donors (Lipinski definition) is 0. The monoisotopic (exact) mass is 350 g/mol. The molecule has 0 aliphatic heterocycles. The third kappa shape index (κ3) is 5.65. The first kappa shape index (κ1) is 19.6. The van der Waals surface area contributed by atoms with Gasteiger partial charge in [-0.3, -0.25) is 14.5 Å². The van der Waals surface area contributed by atoms with Crippen LogP contribution in [0.4, 0.5) is 11.4 Å². The SMILES string of the molecule is [C-]#[N+]c1ccc(S(=O)(=O)CCCC(=O)OC(C)COC)cc1[N+]#[C-]. The molecule has 1 rings (SSSR count). The second kappa shape index (κ2) is 9.02. The smallest absolute Gasteiger partial charge is 0.306 e. The zero-order chi connectivity index (χ0) is 18.2. The fourth-order valence-electron chi connectivity index (χ4n) is 1.96. The largest absolute Gasteiger partial charge is 0.460 e. The Morgan fingerprint density at radius 3 is 2.50 bits per heavy atom. The number of nitrogens with zero attached hydrogens (tertiary/aromatic N) is 2. The molecule has 1 unspecified atom stereocenters. The highest BCUT2D eigenvalue weighted by molar-refractivity contribution is 7.91. The van der Waals surface area contributed by atoms with Crippen molar-refractivity contribution in [3.8, 4) is 0 Å². The molecule has 0 fully saturated rings. The highest BCUT2D eigenvalue weighted by Crippen LogP contribution is 2.31. The number of rotatable bonds is 8. The average molecular weight is 350 g/mol. The second-order valence-electron chi connectivity index (χ2n) is 5.05. The minimum Gasteiger partial charge on any atom is -0.460 e. The predicted octanol–water partition coefficient (Wildman–Crippen LogP) is 2.92. The van der Waals surface area contributed by atoms with Gasteiger partial charge in [0.1, 0.15) is 6.10 Å². The summed E-state index contributed by atoms with van der Waals surface area (Å²) in [6.45, 7) is 15.9. The van der Waals surface area contributed by atoms with Crippen LogP contribution >= 0.6 is 0 Å². The van der Waals surface area contributed by atoms with Crippen molar-refractivity contribution in [2.24, 2.45) is 0 Å². The van der Waals surface area contributed by atoms with Crippen molar-refractivity contribution in [3.63, 3.8) is 0 Å². The van der Waals surface area contributed by atoms with Gasteiger partial charge >= 0.3 is 5.97 Å². The Morgan fingerprint density at radius 2 is 1.92 bits per heavy atom. The number of carbonyl (C=O) groups excluding carboxylic acids is 1. The molecule has 0 saturated heterocycles. The molecular weight excluding hydrogens is 332 g/mol. The fraction of sp³-hybridized carbons (Fsp3) is 0.438. The van der Waals surface area contributed by atoms with Crippen LogP contribution in [0.25, 0.3) is 9.69 Å². The van der Waals surface area contributed by atoms with Crippen molar-refractivity contribution >= 4 is 27.2 Å². The number of carbonyl (C=O) groups is 1. The van der Waals surface area contributed by atoms with E-state index in [4.69, 9.17) is 22.6 Å². The van der Waals surface area contributed by atoms with Crippen LogP contribution in [0.5, 0.6) is 0 Å². The minimum absolute atomic E-state index is 0.00104. The van der Waals surface area contributed by atoms with Gasteiger partial charge in [0, 0.05) is 13.5 Å². The van der Waals surface area contributed by atoms with Crippen molar-refractivity contribution in [2.45, 2.75) is 30.8 Å². The van der Waals surface area contributed by atoms with E-state index < -0.39 is 15.8 Å². The van der Waals surface area contributed by atoms with Gasteiger partial charge in [-0.15, -0.1) is 0 Å². The van der Waals surface area contributed by atoms with Crippen LogP contribution in [-0.4, -0.2) is 40.0 Å². The molecule has 1 aromatic rings. The van der Waals surface area contributed by atoms with Gasteiger partial charge in [0.05, 0.1) is 30.4 Å². The lowest BCUT2D eigenvalue weighted by Gasteiger charge is -2.12. The van der Waals surface area contributed by atoms with Gasteiger partial charge in [-0.25, -0.2) is 8.42 Å². The second-order valence-corrected chi connectivity index (χ2v) is 7.16. The first-order valence-electron chi connectivity index (χ1n) is 7.14. The number of methoxy groups -OCH3 is 1. The summed E-state index contributed by atoms with van der Waals surface area (Å²) < 4.78 is 34.4. The first-order valence-corrected chi connectivity index (χ1v) is 8.79. The van der Waals surface area contributed by atoms with Gasteiger partial charge in [-0.1, -0.05) is 12.1 Å². The van der Waals surface area contributed by atoms with Crippen LogP contribution in [0.3, 0.4) is 0 Å². The highest BCUT2D eigenvalue weighted by Gasteiger charge is 2.18. The molecule has 0 heterocycles. The summed E-state index contributed by atoms with van der Waals surface area (Å²) in [5.74, 6) is -0.727. The molecule has 0 saturated carbocycles. The topological polar surface area (TPSA) is 78.4 Å². The Balaban J connectivity index is 2.67. The molecule has 0 aliphatic rings. The standard InChI is InChI=1S/C16H18N2O5S/c1-12(11-22-4)23-16(19)6-5-9-24(20,21)13-7-8-14(17-2)15(10-13)18-3/h7-8,10,12H,5-6,9,11H2,1,4H3. The molecule has 0 aromatic heterocycles. The number of esters is 1. The Labute approximate surface area is 141 Å². The molecular formula is C16H18N2O5S. The molecule has 128 valence electrons. The molecule has 8 heteroatoms. The van der Waals surface area contributed by atoms with Gasteiger partial charge in [-0.05, 0) is 19.4 Å². The number of ether oxygens (including phenoxy) is 2. The number of hydrogen-bond acceptors (Lipinski definition) is 5. The van der Waals surface area contributed by atoms with Crippen molar-refractivity contribution in [2.75, 3.05) is 19.5 Å². The van der Waals surface area contributed by atoms with E-state index in [-0.39, 0.29) is 47.6 Å². The van der Waals surface area contributed by atoms with E-state index in [0.29, 0.717) is 0 Å². The van der Waals surface area contributed by atoms with Crippen molar-refractivity contribution in [3.05, 3.63) is 41.0 Å². The van der Waals surface area contributed by atoms with Crippen LogP contribution in [0.1, 0.15) is 19.8 Å². The summed E-state index contributed by atoms with van der Waals surface area (Å²) >= 11 is 0. The molecule has 1 atom stereocenters. The first-order chi connectivity index (χ1) is 11.3. The molecule has 0 bridgehead atoms. The minimum atomic E-state index is -3.63. The number of sulfone groups is 1. The lowest BCUT2D eigenvalue weighted by molar-refractivity contribution is -0.150. The quantitative estimate of drug-likeness (QED) is 0.532. The van der Waals surface area contributed by atoms with Crippen LogP contribution in [0, 0.1) is 13.1 Å². The lowest BCUT2D eigenvalue weighted by atomic mass is 10.3. The third-order valence-corrected chi connectivity index (χ3v) is 4.87.